The van der Waals surface area contributed by atoms with Gasteiger partial charge in [-0.3, -0.25) is 0 Å². The minimum absolute atomic E-state index is 0.0105. The Morgan fingerprint density at radius 2 is 1.04 bits per heavy atom. The maximum Gasteiger partial charge on any atom is 0.143 e. The van der Waals surface area contributed by atoms with Crippen molar-refractivity contribution < 1.29 is 4.42 Å². The molecule has 1 aromatic heterocycles. The van der Waals surface area contributed by atoms with Gasteiger partial charge >= 0.3 is 0 Å². The molecule has 1 N–H and O–H groups in total. The highest BCUT2D eigenvalue weighted by atomic mass is 16.3. The van der Waals surface area contributed by atoms with Crippen molar-refractivity contribution in [1.82, 2.24) is 0 Å². The Morgan fingerprint density at radius 3 is 1.77 bits per heavy atom. The molecular formula is C45H30N2O. The van der Waals surface area contributed by atoms with Gasteiger partial charge in [0.1, 0.15) is 17.3 Å². The van der Waals surface area contributed by atoms with E-state index in [1.54, 1.807) is 0 Å². The minimum atomic E-state index is 0.0105. The summed E-state index contributed by atoms with van der Waals surface area (Å²) in [5.74, 6) is 0. The molecule has 10 rings (SSSR count). The maximum atomic E-state index is 6.57. The minimum Gasteiger partial charge on any atom is -0.455 e. The van der Waals surface area contributed by atoms with Gasteiger partial charge in [-0.25, -0.2) is 0 Å². The lowest BCUT2D eigenvalue weighted by molar-refractivity contribution is 0.670. The molecule has 0 spiro atoms. The van der Waals surface area contributed by atoms with Crippen molar-refractivity contribution in [2.75, 3.05) is 10.2 Å². The summed E-state index contributed by atoms with van der Waals surface area (Å²) in [5.41, 5.74) is 11.3. The Morgan fingerprint density at radius 1 is 0.458 bits per heavy atom. The third kappa shape index (κ3) is 4.01. The lowest BCUT2D eigenvalue weighted by atomic mass is 9.85. The van der Waals surface area contributed by atoms with E-state index < -0.39 is 0 Å². The van der Waals surface area contributed by atoms with E-state index in [4.69, 9.17) is 4.42 Å². The zero-order chi connectivity index (χ0) is 31.6. The number of para-hydroxylation sites is 4. The second-order valence-corrected chi connectivity index (χ2v) is 12.5. The van der Waals surface area contributed by atoms with Crippen molar-refractivity contribution in [3.05, 3.63) is 175 Å². The first kappa shape index (κ1) is 26.9. The maximum absolute atomic E-state index is 6.57. The van der Waals surface area contributed by atoms with Crippen LogP contribution in [0.25, 0.3) is 65.7 Å². The molecule has 0 radical (unpaired) electrons. The molecule has 3 nitrogen and oxygen atoms in total. The molecule has 1 unspecified atom stereocenters. The fourth-order valence-corrected chi connectivity index (χ4v) is 7.77. The normalized spacial score (nSPS) is 14.2. The Hall–Kier alpha value is -6.32. The monoisotopic (exact) mass is 614 g/mol. The van der Waals surface area contributed by atoms with Crippen LogP contribution in [-0.4, -0.2) is 0 Å². The van der Waals surface area contributed by atoms with Crippen LogP contribution in [0.4, 0.5) is 17.1 Å². The Balaban J connectivity index is 1.17. The third-order valence-corrected chi connectivity index (χ3v) is 9.87. The molecule has 0 saturated carbocycles. The molecule has 48 heavy (non-hydrogen) atoms. The van der Waals surface area contributed by atoms with Gasteiger partial charge in [-0.1, -0.05) is 140 Å². The van der Waals surface area contributed by atoms with Gasteiger partial charge in [0.05, 0.1) is 11.4 Å². The van der Waals surface area contributed by atoms with Crippen molar-refractivity contribution in [1.29, 1.82) is 0 Å². The van der Waals surface area contributed by atoms with Crippen LogP contribution in [0.3, 0.4) is 0 Å². The van der Waals surface area contributed by atoms with Gasteiger partial charge in [-0.15, -0.1) is 0 Å². The molecule has 8 aromatic carbocycles. The molecule has 3 heteroatoms. The van der Waals surface area contributed by atoms with Gasteiger partial charge in [-0.2, -0.15) is 0 Å². The van der Waals surface area contributed by atoms with Crippen LogP contribution >= 0.6 is 0 Å². The number of rotatable bonds is 4. The van der Waals surface area contributed by atoms with E-state index in [1.807, 2.05) is 6.07 Å². The SMILES string of the molecule is c1ccc(C2Nc3ccccc3N2c2ccc(-c3c4ccccc4c(-c4cccc5c4oc4ccccc45)c4ccccc34)cc2)cc1. The van der Waals surface area contributed by atoms with Crippen LogP contribution in [0.2, 0.25) is 0 Å². The summed E-state index contributed by atoms with van der Waals surface area (Å²) in [7, 11) is 0. The van der Waals surface area contributed by atoms with E-state index in [1.165, 1.54) is 49.5 Å². The summed E-state index contributed by atoms with van der Waals surface area (Å²) in [6.45, 7) is 0. The van der Waals surface area contributed by atoms with Crippen molar-refractivity contribution in [2.45, 2.75) is 6.17 Å². The number of hydrogen-bond donors (Lipinski definition) is 1. The molecule has 9 aromatic rings. The summed E-state index contributed by atoms with van der Waals surface area (Å²) < 4.78 is 6.57. The van der Waals surface area contributed by atoms with Crippen molar-refractivity contribution in [2.24, 2.45) is 0 Å². The second-order valence-electron chi connectivity index (χ2n) is 12.5. The number of nitrogens with zero attached hydrogens (tertiary/aromatic N) is 1. The lowest BCUT2D eigenvalue weighted by Gasteiger charge is -2.27. The van der Waals surface area contributed by atoms with Crippen LogP contribution in [-0.2, 0) is 0 Å². The van der Waals surface area contributed by atoms with Crippen molar-refractivity contribution in [3.63, 3.8) is 0 Å². The van der Waals surface area contributed by atoms with Gasteiger partial charge in [0.15, 0.2) is 0 Å². The number of nitrogens with one attached hydrogen (secondary N) is 1. The largest absolute Gasteiger partial charge is 0.455 e. The lowest BCUT2D eigenvalue weighted by Crippen LogP contribution is -2.23. The average Bonchev–Trinajstić information content (AvgIpc) is 3.74. The Labute approximate surface area is 278 Å². The number of anilines is 3. The fourth-order valence-electron chi connectivity index (χ4n) is 7.77. The summed E-state index contributed by atoms with van der Waals surface area (Å²) >= 11 is 0. The Kier molecular flexibility index (Phi) is 5.94. The summed E-state index contributed by atoms with van der Waals surface area (Å²) in [4.78, 5) is 2.40. The molecule has 0 amide bonds. The average molecular weight is 615 g/mol. The summed E-state index contributed by atoms with van der Waals surface area (Å²) in [6, 6.07) is 60.8. The smallest absolute Gasteiger partial charge is 0.143 e. The molecule has 0 fully saturated rings. The van der Waals surface area contributed by atoms with E-state index in [0.29, 0.717) is 0 Å². The molecule has 0 saturated heterocycles. The van der Waals surface area contributed by atoms with E-state index in [0.717, 1.165) is 38.9 Å². The van der Waals surface area contributed by atoms with Crippen LogP contribution in [0.1, 0.15) is 11.7 Å². The van der Waals surface area contributed by atoms with E-state index in [-0.39, 0.29) is 6.17 Å². The zero-order valence-corrected chi connectivity index (χ0v) is 26.1. The van der Waals surface area contributed by atoms with Crippen LogP contribution in [0, 0.1) is 0 Å². The molecule has 226 valence electrons. The predicted molar refractivity (Wildman–Crippen MR) is 201 cm³/mol. The first-order chi connectivity index (χ1) is 23.8. The molecule has 1 aliphatic rings. The van der Waals surface area contributed by atoms with Crippen molar-refractivity contribution in [3.8, 4) is 22.3 Å². The molecule has 1 aliphatic heterocycles. The van der Waals surface area contributed by atoms with Crippen LogP contribution < -0.4 is 10.2 Å². The Bertz CT molecular complexity index is 2600. The van der Waals surface area contributed by atoms with Crippen LogP contribution in [0.5, 0.6) is 0 Å². The number of benzene rings is 8. The number of furan rings is 1. The highest BCUT2D eigenvalue weighted by Gasteiger charge is 2.31. The standard InChI is InChI=1S/C45H30N2O/c1-2-13-30(14-3-1)45-46-39-22-9-10-23-40(39)47(45)31-27-25-29(26-28-31)42-33-16-4-6-18-35(33)43(36-19-7-5-17-34(36)42)38-21-12-20-37-32-15-8-11-24-41(32)48-44(37)38/h1-28,45-46H. The third-order valence-electron chi connectivity index (χ3n) is 9.87. The molecular weight excluding hydrogens is 585 g/mol. The number of hydrogen-bond acceptors (Lipinski definition) is 3. The topological polar surface area (TPSA) is 28.4 Å². The van der Waals surface area contributed by atoms with Gasteiger partial charge < -0.3 is 14.6 Å². The van der Waals surface area contributed by atoms with Gasteiger partial charge in [-0.05, 0) is 68.6 Å². The van der Waals surface area contributed by atoms with Crippen LogP contribution in [0.15, 0.2) is 174 Å². The van der Waals surface area contributed by atoms with Gasteiger partial charge in [0, 0.05) is 27.6 Å². The fraction of sp³-hybridized carbons (Fsp3) is 0.0222. The quantitative estimate of drug-likeness (QED) is 0.200. The number of fused-ring (bicyclic) bond motifs is 6. The first-order valence-corrected chi connectivity index (χ1v) is 16.5. The first-order valence-electron chi connectivity index (χ1n) is 16.5. The summed E-state index contributed by atoms with van der Waals surface area (Å²) in [6.07, 6.45) is 0.0105. The van der Waals surface area contributed by atoms with E-state index in [9.17, 15) is 0 Å². The van der Waals surface area contributed by atoms with Gasteiger partial charge in [0.25, 0.3) is 0 Å². The second kappa shape index (κ2) is 10.6. The predicted octanol–water partition coefficient (Wildman–Crippen LogP) is 12.5. The zero-order valence-electron chi connectivity index (χ0n) is 26.1. The highest BCUT2D eigenvalue weighted by Crippen LogP contribution is 2.48. The molecule has 0 aliphatic carbocycles. The molecule has 2 heterocycles. The highest BCUT2D eigenvalue weighted by molar-refractivity contribution is 6.24. The van der Waals surface area contributed by atoms with Gasteiger partial charge in [0.2, 0.25) is 0 Å². The summed E-state index contributed by atoms with van der Waals surface area (Å²) in [5, 5.41) is 10.9. The molecule has 1 atom stereocenters. The van der Waals surface area contributed by atoms with E-state index >= 15 is 0 Å². The van der Waals surface area contributed by atoms with Crippen molar-refractivity contribution >= 4 is 60.5 Å². The molecule has 0 bridgehead atoms. The van der Waals surface area contributed by atoms with E-state index in [2.05, 4.69) is 174 Å².